The Morgan fingerprint density at radius 2 is 1.81 bits per heavy atom. The maximum atomic E-state index is 10.1. The van der Waals surface area contributed by atoms with Crippen molar-refractivity contribution in [2.24, 2.45) is 0 Å². The fourth-order valence-corrected chi connectivity index (χ4v) is 3.34. The van der Waals surface area contributed by atoms with Crippen LogP contribution in [-0.2, 0) is 6.42 Å². The van der Waals surface area contributed by atoms with Crippen molar-refractivity contribution < 1.29 is 5.11 Å². The third kappa shape index (κ3) is 3.65. The van der Waals surface area contributed by atoms with Crippen LogP contribution in [0.3, 0.4) is 0 Å². The Hall–Kier alpha value is -2.89. The number of nitrogens with one attached hydrogen (secondary N) is 1. The minimum Gasteiger partial charge on any atom is -0.394 e. The molecule has 2 aromatic heterocycles. The zero-order valence-electron chi connectivity index (χ0n) is 14.6. The van der Waals surface area contributed by atoms with Crippen molar-refractivity contribution in [3.8, 4) is 22.8 Å². The molecule has 0 radical (unpaired) electrons. The number of halogens is 1. The van der Waals surface area contributed by atoms with E-state index in [1.807, 2.05) is 59.2 Å². The second kappa shape index (κ2) is 7.78. The molecule has 6 heteroatoms. The van der Waals surface area contributed by atoms with Crippen LogP contribution in [0.25, 0.3) is 22.8 Å². The maximum Gasteiger partial charge on any atom is 0.156 e. The van der Waals surface area contributed by atoms with Gasteiger partial charge in [-0.3, -0.25) is 0 Å². The lowest BCUT2D eigenvalue weighted by atomic mass is 10.1. The summed E-state index contributed by atoms with van der Waals surface area (Å²) in [5.74, 6) is 0.723. The first-order valence-electron chi connectivity index (χ1n) is 8.73. The second-order valence-corrected chi connectivity index (χ2v) is 6.76. The lowest BCUT2D eigenvalue weighted by molar-refractivity contribution is 0.228. The van der Waals surface area contributed by atoms with Crippen LogP contribution in [0.2, 0.25) is 5.02 Å². The molecule has 0 fully saturated rings. The molecule has 136 valence electrons. The first kappa shape index (κ1) is 17.5. The fourth-order valence-electron chi connectivity index (χ4n) is 3.22. The van der Waals surface area contributed by atoms with E-state index in [-0.39, 0.29) is 12.6 Å². The number of aliphatic hydroxyl groups excluding tert-OH is 1. The minimum atomic E-state index is -0.170. The maximum absolute atomic E-state index is 10.1. The zero-order valence-corrected chi connectivity index (χ0v) is 15.3. The number of H-pyrrole nitrogens is 1. The predicted octanol–water partition coefficient (Wildman–Crippen LogP) is 4.37. The second-order valence-electron chi connectivity index (χ2n) is 6.32. The van der Waals surface area contributed by atoms with Gasteiger partial charge in [-0.25, -0.2) is 9.97 Å². The van der Waals surface area contributed by atoms with Crippen LogP contribution in [0.5, 0.6) is 0 Å². The molecule has 5 nitrogen and oxygen atoms in total. The van der Waals surface area contributed by atoms with Gasteiger partial charge in [-0.2, -0.15) is 0 Å². The molecule has 27 heavy (non-hydrogen) atoms. The Morgan fingerprint density at radius 1 is 1.04 bits per heavy atom. The number of hydrogen-bond acceptors (Lipinski definition) is 3. The van der Waals surface area contributed by atoms with E-state index in [0.717, 1.165) is 28.3 Å². The Bertz CT molecular complexity index is 995. The Balaban J connectivity index is 1.77. The third-order valence-electron chi connectivity index (χ3n) is 4.55. The van der Waals surface area contributed by atoms with Gasteiger partial charge in [0.05, 0.1) is 24.7 Å². The molecule has 2 heterocycles. The molecule has 0 amide bonds. The molecule has 0 spiro atoms. The number of imidazole rings is 2. The van der Waals surface area contributed by atoms with Crippen LogP contribution in [-0.4, -0.2) is 31.2 Å². The summed E-state index contributed by atoms with van der Waals surface area (Å²) in [5, 5.41) is 10.8. The van der Waals surface area contributed by atoms with Gasteiger partial charge in [0.25, 0.3) is 0 Å². The molecular weight excluding hydrogens is 360 g/mol. The van der Waals surface area contributed by atoms with E-state index in [2.05, 4.69) is 15.0 Å². The van der Waals surface area contributed by atoms with Crippen LogP contribution in [0.15, 0.2) is 73.3 Å². The molecule has 0 saturated carbocycles. The summed E-state index contributed by atoms with van der Waals surface area (Å²) in [6, 6.07) is 17.5. The van der Waals surface area contributed by atoms with Crippen LogP contribution in [0.4, 0.5) is 0 Å². The number of aromatic nitrogens is 4. The summed E-state index contributed by atoms with van der Waals surface area (Å²) in [4.78, 5) is 12.2. The van der Waals surface area contributed by atoms with Gasteiger partial charge in [0.2, 0.25) is 0 Å². The summed E-state index contributed by atoms with van der Waals surface area (Å²) in [6.45, 7) is -0.0130. The van der Waals surface area contributed by atoms with Gasteiger partial charge in [-0.05, 0) is 24.1 Å². The lowest BCUT2D eigenvalue weighted by Gasteiger charge is -2.19. The van der Waals surface area contributed by atoms with Crippen LogP contribution in [0.1, 0.15) is 11.6 Å². The monoisotopic (exact) mass is 378 g/mol. The van der Waals surface area contributed by atoms with Crippen molar-refractivity contribution >= 4 is 11.6 Å². The lowest BCUT2D eigenvalue weighted by Crippen LogP contribution is -2.16. The van der Waals surface area contributed by atoms with E-state index >= 15 is 0 Å². The molecule has 2 N–H and O–H groups in total. The number of nitrogens with zero attached hydrogens (tertiary/aromatic N) is 3. The van der Waals surface area contributed by atoms with E-state index in [1.54, 1.807) is 18.7 Å². The van der Waals surface area contributed by atoms with Gasteiger partial charge in [0.15, 0.2) is 5.82 Å². The highest BCUT2D eigenvalue weighted by Gasteiger charge is 2.22. The van der Waals surface area contributed by atoms with E-state index in [4.69, 9.17) is 11.6 Å². The molecule has 0 saturated heterocycles. The number of aromatic amines is 1. The highest BCUT2D eigenvalue weighted by molar-refractivity contribution is 6.30. The smallest absolute Gasteiger partial charge is 0.156 e. The Morgan fingerprint density at radius 3 is 2.48 bits per heavy atom. The first-order chi connectivity index (χ1) is 13.3. The van der Waals surface area contributed by atoms with Crippen LogP contribution in [0, 0.1) is 0 Å². The van der Waals surface area contributed by atoms with E-state index in [0.29, 0.717) is 11.4 Å². The number of aliphatic hydroxyl groups is 1. The molecule has 4 aromatic rings. The number of hydrogen-bond donors (Lipinski definition) is 2. The third-order valence-corrected chi connectivity index (χ3v) is 4.80. The van der Waals surface area contributed by atoms with Crippen molar-refractivity contribution in [1.82, 2.24) is 19.5 Å². The van der Waals surface area contributed by atoms with Crippen molar-refractivity contribution in [3.63, 3.8) is 0 Å². The SMILES string of the molecule is OCC(Cc1ccc(Cl)cc1)n1cnc(-c2ccccc2)c1-c1ncc[nH]1. The van der Waals surface area contributed by atoms with Gasteiger partial charge in [0.1, 0.15) is 5.69 Å². The number of rotatable bonds is 6. The van der Waals surface area contributed by atoms with Crippen molar-refractivity contribution in [2.45, 2.75) is 12.5 Å². The standard InChI is InChI=1S/C21H19ClN4O/c22-17-8-6-15(7-9-17)12-18(13-27)26-14-25-19(16-4-2-1-3-5-16)20(26)21-23-10-11-24-21/h1-11,14,18,27H,12-13H2,(H,23,24). The molecule has 0 bridgehead atoms. The summed E-state index contributed by atoms with van der Waals surface area (Å²) < 4.78 is 2.00. The highest BCUT2D eigenvalue weighted by Crippen LogP contribution is 2.32. The van der Waals surface area contributed by atoms with Gasteiger partial charge >= 0.3 is 0 Å². The summed E-state index contributed by atoms with van der Waals surface area (Å²) in [7, 11) is 0. The van der Waals surface area contributed by atoms with Crippen molar-refractivity contribution in [1.29, 1.82) is 0 Å². The zero-order chi connectivity index (χ0) is 18.6. The molecule has 4 rings (SSSR count). The molecule has 0 aliphatic heterocycles. The Labute approximate surface area is 162 Å². The number of benzene rings is 2. The summed E-state index contributed by atoms with van der Waals surface area (Å²) in [5.41, 5.74) is 3.80. The van der Waals surface area contributed by atoms with Crippen molar-refractivity contribution in [3.05, 3.63) is 83.9 Å². The molecular formula is C21H19ClN4O. The molecule has 2 aromatic carbocycles. The van der Waals surface area contributed by atoms with Crippen LogP contribution < -0.4 is 0 Å². The normalized spacial score (nSPS) is 12.2. The molecule has 0 aliphatic carbocycles. The highest BCUT2D eigenvalue weighted by atomic mass is 35.5. The van der Waals surface area contributed by atoms with Gasteiger partial charge in [-0.1, -0.05) is 54.1 Å². The molecule has 0 aliphatic rings. The van der Waals surface area contributed by atoms with Crippen molar-refractivity contribution in [2.75, 3.05) is 6.61 Å². The fraction of sp³-hybridized carbons (Fsp3) is 0.143. The summed E-state index contributed by atoms with van der Waals surface area (Å²) >= 11 is 5.99. The van der Waals surface area contributed by atoms with Gasteiger partial charge < -0.3 is 14.7 Å². The average Bonchev–Trinajstić information content (AvgIpc) is 3.38. The molecule has 1 unspecified atom stereocenters. The quantitative estimate of drug-likeness (QED) is 0.523. The summed E-state index contributed by atoms with van der Waals surface area (Å²) in [6.07, 6.45) is 5.94. The van der Waals surface area contributed by atoms with E-state index < -0.39 is 0 Å². The Kier molecular flexibility index (Phi) is 5.05. The van der Waals surface area contributed by atoms with Gasteiger partial charge in [-0.15, -0.1) is 0 Å². The molecule has 1 atom stereocenters. The minimum absolute atomic E-state index is 0.0130. The van der Waals surface area contributed by atoms with E-state index in [1.165, 1.54) is 0 Å². The topological polar surface area (TPSA) is 66.7 Å². The largest absolute Gasteiger partial charge is 0.394 e. The van der Waals surface area contributed by atoms with Gasteiger partial charge in [0, 0.05) is 23.0 Å². The predicted molar refractivity (Wildman–Crippen MR) is 107 cm³/mol. The van der Waals surface area contributed by atoms with Crippen LogP contribution >= 0.6 is 11.6 Å². The average molecular weight is 379 g/mol. The van der Waals surface area contributed by atoms with E-state index in [9.17, 15) is 5.11 Å². The first-order valence-corrected chi connectivity index (χ1v) is 9.11.